The molecule has 0 spiro atoms. The molecule has 0 aliphatic heterocycles. The van der Waals surface area contributed by atoms with Crippen LogP contribution in [-0.2, 0) is 6.54 Å². The van der Waals surface area contributed by atoms with E-state index in [1.165, 1.54) is 25.4 Å². The maximum absolute atomic E-state index is 13.5. The summed E-state index contributed by atoms with van der Waals surface area (Å²) in [5.41, 5.74) is 0.216. The molecule has 0 radical (unpaired) electrons. The first-order valence-electron chi connectivity index (χ1n) is 5.92. The number of hydrogen-bond acceptors (Lipinski definition) is 3. The molecule has 0 unspecified atom stereocenters. The molecule has 0 bridgehead atoms. The van der Waals surface area contributed by atoms with Crippen LogP contribution < -0.4 is 10.1 Å². The zero-order valence-corrected chi connectivity index (χ0v) is 11.7. The molecule has 0 saturated carbocycles. The summed E-state index contributed by atoms with van der Waals surface area (Å²) in [6, 6.07) is 4.26. The predicted molar refractivity (Wildman–Crippen MR) is 73.3 cm³/mol. The Hall–Kier alpha value is -2.21. The van der Waals surface area contributed by atoms with Crippen LogP contribution in [0.25, 0.3) is 0 Å². The number of benzene rings is 1. The lowest BCUT2D eigenvalue weighted by Crippen LogP contribution is -2.24. The van der Waals surface area contributed by atoms with Crippen molar-refractivity contribution in [2.75, 3.05) is 7.11 Å². The minimum absolute atomic E-state index is 0.0256. The summed E-state index contributed by atoms with van der Waals surface area (Å²) >= 11 is 5.73. The Morgan fingerprint density at radius 1 is 1.33 bits per heavy atom. The molecular weight excluding hydrogens is 302 g/mol. The van der Waals surface area contributed by atoms with Crippen molar-refractivity contribution >= 4 is 17.5 Å². The minimum Gasteiger partial charge on any atom is -0.494 e. The monoisotopic (exact) mass is 312 g/mol. The van der Waals surface area contributed by atoms with E-state index in [9.17, 15) is 13.6 Å². The Morgan fingerprint density at radius 2 is 2.10 bits per heavy atom. The first-order chi connectivity index (χ1) is 10.0. The summed E-state index contributed by atoms with van der Waals surface area (Å²) in [5.74, 6) is -1.96. The Kier molecular flexibility index (Phi) is 4.70. The molecule has 1 N–H and O–H groups in total. The summed E-state index contributed by atoms with van der Waals surface area (Å²) in [5, 5.41) is 2.37. The highest BCUT2D eigenvalue weighted by Crippen LogP contribution is 2.19. The summed E-state index contributed by atoms with van der Waals surface area (Å²) in [7, 11) is 1.36. The zero-order chi connectivity index (χ0) is 15.4. The van der Waals surface area contributed by atoms with Gasteiger partial charge in [-0.25, -0.2) is 8.78 Å². The number of rotatable bonds is 4. The number of nitrogens with zero attached hydrogens (tertiary/aromatic N) is 1. The molecule has 1 heterocycles. The lowest BCUT2D eigenvalue weighted by atomic mass is 10.2. The summed E-state index contributed by atoms with van der Waals surface area (Å²) in [4.78, 5) is 15.4. The van der Waals surface area contributed by atoms with Crippen molar-refractivity contribution in [1.82, 2.24) is 10.3 Å². The first-order valence-corrected chi connectivity index (χ1v) is 6.30. The van der Waals surface area contributed by atoms with Crippen molar-refractivity contribution in [3.63, 3.8) is 0 Å². The number of carbonyl (C=O) groups excluding carboxylic acids is 1. The Labute approximate surface area is 124 Å². The Morgan fingerprint density at radius 3 is 2.71 bits per heavy atom. The first kappa shape index (κ1) is 15.2. The third-order valence-electron chi connectivity index (χ3n) is 2.75. The van der Waals surface area contributed by atoms with E-state index in [-0.39, 0.29) is 22.9 Å². The van der Waals surface area contributed by atoms with Crippen molar-refractivity contribution in [3.05, 3.63) is 58.4 Å². The van der Waals surface area contributed by atoms with Gasteiger partial charge in [0, 0.05) is 12.7 Å². The number of methoxy groups -OCH3 is 1. The van der Waals surface area contributed by atoms with Crippen LogP contribution in [0.15, 0.2) is 30.6 Å². The van der Waals surface area contributed by atoms with E-state index in [2.05, 4.69) is 10.3 Å². The highest BCUT2D eigenvalue weighted by atomic mass is 35.5. The fourth-order valence-electron chi connectivity index (χ4n) is 1.72. The number of aromatic nitrogens is 1. The quantitative estimate of drug-likeness (QED) is 0.944. The highest BCUT2D eigenvalue weighted by molar-refractivity contribution is 6.33. The topological polar surface area (TPSA) is 51.2 Å². The lowest BCUT2D eigenvalue weighted by molar-refractivity contribution is 0.0947. The summed E-state index contributed by atoms with van der Waals surface area (Å²) in [6.45, 7) is 0.0256. The Bertz CT molecular complexity index is 660. The number of halogens is 3. The molecular formula is C14H11ClF2N2O2. The van der Waals surface area contributed by atoms with Crippen molar-refractivity contribution in [1.29, 1.82) is 0 Å². The molecule has 1 amide bonds. The Balaban J connectivity index is 2.09. The lowest BCUT2D eigenvalue weighted by Gasteiger charge is -2.08. The number of amides is 1. The zero-order valence-electron chi connectivity index (χ0n) is 11.0. The van der Waals surface area contributed by atoms with Crippen molar-refractivity contribution in [2.24, 2.45) is 0 Å². The molecule has 0 atom stereocenters. The van der Waals surface area contributed by atoms with Gasteiger partial charge in [0.15, 0.2) is 17.4 Å². The molecule has 0 saturated heterocycles. The third kappa shape index (κ3) is 3.46. The van der Waals surface area contributed by atoms with Crippen molar-refractivity contribution in [3.8, 4) is 5.75 Å². The van der Waals surface area contributed by atoms with Gasteiger partial charge in [-0.05, 0) is 17.7 Å². The second-order valence-corrected chi connectivity index (χ2v) is 4.54. The number of pyridine rings is 1. The maximum Gasteiger partial charge on any atom is 0.256 e. The second kappa shape index (κ2) is 6.49. The molecule has 2 aromatic rings. The van der Waals surface area contributed by atoms with Crippen LogP contribution in [0.4, 0.5) is 8.78 Å². The van der Waals surface area contributed by atoms with E-state index in [1.54, 1.807) is 6.07 Å². The normalized spacial score (nSPS) is 10.3. The van der Waals surface area contributed by atoms with E-state index in [0.29, 0.717) is 5.56 Å². The van der Waals surface area contributed by atoms with Crippen LogP contribution in [0.1, 0.15) is 15.9 Å². The van der Waals surface area contributed by atoms with Crippen molar-refractivity contribution < 1.29 is 18.3 Å². The molecule has 4 nitrogen and oxygen atoms in total. The maximum atomic E-state index is 13.5. The molecule has 21 heavy (non-hydrogen) atoms. The van der Waals surface area contributed by atoms with Crippen molar-refractivity contribution in [2.45, 2.75) is 6.54 Å². The van der Waals surface area contributed by atoms with E-state index in [4.69, 9.17) is 16.3 Å². The average Bonchev–Trinajstić information content (AvgIpc) is 2.45. The van der Waals surface area contributed by atoms with Gasteiger partial charge in [0.25, 0.3) is 5.91 Å². The molecule has 1 aromatic carbocycles. The number of carbonyl (C=O) groups is 1. The van der Waals surface area contributed by atoms with Crippen LogP contribution in [-0.4, -0.2) is 18.0 Å². The second-order valence-electron chi connectivity index (χ2n) is 4.13. The molecule has 0 fully saturated rings. The summed E-state index contributed by atoms with van der Waals surface area (Å²) < 4.78 is 31.8. The van der Waals surface area contributed by atoms with Gasteiger partial charge < -0.3 is 10.1 Å². The molecule has 2 rings (SSSR count). The van der Waals surface area contributed by atoms with Gasteiger partial charge in [0.2, 0.25) is 0 Å². The van der Waals surface area contributed by atoms with E-state index in [0.717, 1.165) is 6.20 Å². The SMILES string of the molecule is COc1ccc(CNC(=O)c2c(F)cncc2Cl)cc1F. The largest absolute Gasteiger partial charge is 0.494 e. The number of nitrogens with one attached hydrogen (secondary N) is 1. The van der Waals surface area contributed by atoms with Crippen LogP contribution in [0.2, 0.25) is 5.02 Å². The van der Waals surface area contributed by atoms with Crippen LogP contribution in [0.3, 0.4) is 0 Å². The van der Waals surface area contributed by atoms with Crippen LogP contribution in [0.5, 0.6) is 5.75 Å². The highest BCUT2D eigenvalue weighted by Gasteiger charge is 2.16. The smallest absolute Gasteiger partial charge is 0.256 e. The van der Waals surface area contributed by atoms with Gasteiger partial charge in [-0.3, -0.25) is 9.78 Å². The minimum atomic E-state index is -0.819. The average molecular weight is 313 g/mol. The standard InChI is InChI=1S/C14H11ClF2N2O2/c1-21-12-3-2-8(4-10(12)16)5-19-14(20)13-9(15)6-18-7-11(13)17/h2-4,6-7H,5H2,1H3,(H,19,20). The number of hydrogen-bond donors (Lipinski definition) is 1. The van der Waals surface area contributed by atoms with E-state index in [1.807, 2.05) is 0 Å². The molecule has 7 heteroatoms. The van der Waals surface area contributed by atoms with Crippen LogP contribution in [0, 0.1) is 11.6 Å². The fourth-order valence-corrected chi connectivity index (χ4v) is 1.95. The fraction of sp³-hybridized carbons (Fsp3) is 0.143. The molecule has 0 aliphatic carbocycles. The third-order valence-corrected chi connectivity index (χ3v) is 3.04. The van der Waals surface area contributed by atoms with Gasteiger partial charge in [-0.2, -0.15) is 0 Å². The predicted octanol–water partition coefficient (Wildman–Crippen LogP) is 2.95. The van der Waals surface area contributed by atoms with Gasteiger partial charge in [0.05, 0.1) is 23.9 Å². The van der Waals surface area contributed by atoms with Gasteiger partial charge in [0.1, 0.15) is 0 Å². The van der Waals surface area contributed by atoms with Crippen LogP contribution >= 0.6 is 11.6 Å². The van der Waals surface area contributed by atoms with Gasteiger partial charge >= 0.3 is 0 Å². The summed E-state index contributed by atoms with van der Waals surface area (Å²) in [6.07, 6.45) is 2.07. The van der Waals surface area contributed by atoms with Gasteiger partial charge in [-0.15, -0.1) is 0 Å². The molecule has 110 valence electrons. The molecule has 0 aliphatic rings. The molecule has 1 aromatic heterocycles. The van der Waals surface area contributed by atoms with E-state index < -0.39 is 17.5 Å². The van der Waals surface area contributed by atoms with Gasteiger partial charge in [-0.1, -0.05) is 17.7 Å². The number of ether oxygens (including phenoxy) is 1. The van der Waals surface area contributed by atoms with E-state index >= 15 is 0 Å².